The van der Waals surface area contributed by atoms with Crippen LogP contribution in [0.15, 0.2) is 52.7 Å². The Morgan fingerprint density at radius 1 is 1.19 bits per heavy atom. The van der Waals surface area contributed by atoms with Gasteiger partial charge in [0.2, 0.25) is 5.91 Å². The van der Waals surface area contributed by atoms with Gasteiger partial charge in [0.15, 0.2) is 5.13 Å². The van der Waals surface area contributed by atoms with E-state index in [9.17, 15) is 4.79 Å². The zero-order valence-electron chi connectivity index (χ0n) is 14.8. The van der Waals surface area contributed by atoms with Gasteiger partial charge in [-0.2, -0.15) is 0 Å². The van der Waals surface area contributed by atoms with Crippen LogP contribution in [-0.4, -0.2) is 16.1 Å². The molecule has 3 nitrogen and oxygen atoms in total. The summed E-state index contributed by atoms with van der Waals surface area (Å²) in [5.74, 6) is -0.0997. The molecular formula is C20H18Cl2N2OS2. The summed E-state index contributed by atoms with van der Waals surface area (Å²) in [7, 11) is 0. The monoisotopic (exact) mass is 436 g/mol. The van der Waals surface area contributed by atoms with E-state index in [2.05, 4.69) is 36.3 Å². The molecule has 0 bridgehead atoms. The van der Waals surface area contributed by atoms with Crippen molar-refractivity contribution in [3.63, 3.8) is 0 Å². The summed E-state index contributed by atoms with van der Waals surface area (Å²) in [6.07, 6.45) is 0.305. The molecule has 27 heavy (non-hydrogen) atoms. The third kappa shape index (κ3) is 5.72. The number of anilines is 1. The topological polar surface area (TPSA) is 42.0 Å². The average molecular weight is 437 g/mol. The van der Waals surface area contributed by atoms with E-state index in [0.29, 0.717) is 32.5 Å². The van der Waals surface area contributed by atoms with Crippen LogP contribution in [0.5, 0.6) is 0 Å². The molecule has 140 valence electrons. The Bertz CT molecular complexity index is 939. The second-order valence-corrected chi connectivity index (χ2v) is 9.55. The molecule has 7 heteroatoms. The van der Waals surface area contributed by atoms with E-state index in [1.54, 1.807) is 30.0 Å². The lowest BCUT2D eigenvalue weighted by atomic mass is 10.1. The maximum Gasteiger partial charge on any atom is 0.230 e. The van der Waals surface area contributed by atoms with Crippen molar-refractivity contribution >= 4 is 57.3 Å². The number of benzene rings is 2. The zero-order valence-corrected chi connectivity index (χ0v) is 18.0. The van der Waals surface area contributed by atoms with Crippen molar-refractivity contribution in [2.24, 2.45) is 0 Å². The van der Waals surface area contributed by atoms with E-state index in [0.717, 1.165) is 11.1 Å². The van der Waals surface area contributed by atoms with Gasteiger partial charge in [0.1, 0.15) is 0 Å². The molecule has 3 rings (SSSR count). The number of thioether (sulfide) groups is 1. The van der Waals surface area contributed by atoms with Crippen molar-refractivity contribution in [2.75, 3.05) is 5.32 Å². The average Bonchev–Trinajstić information content (AvgIpc) is 3.06. The number of hydrogen-bond donors (Lipinski definition) is 1. The van der Waals surface area contributed by atoms with Crippen LogP contribution in [0, 0.1) is 0 Å². The molecular weight excluding hydrogens is 419 g/mol. The summed E-state index contributed by atoms with van der Waals surface area (Å²) in [5.41, 5.74) is 2.41. The Hall–Kier alpha value is -1.53. The van der Waals surface area contributed by atoms with Gasteiger partial charge in [-0.05, 0) is 35.9 Å². The molecule has 0 radical (unpaired) electrons. The highest BCUT2D eigenvalue weighted by Gasteiger charge is 2.12. The summed E-state index contributed by atoms with van der Waals surface area (Å²) in [4.78, 5) is 18.0. The minimum Gasteiger partial charge on any atom is -0.302 e. The van der Waals surface area contributed by atoms with Crippen LogP contribution in [0.4, 0.5) is 5.13 Å². The molecule has 0 unspecified atom stereocenters. The highest BCUT2D eigenvalue weighted by Crippen LogP contribution is 2.32. The molecule has 0 saturated carbocycles. The van der Waals surface area contributed by atoms with Crippen LogP contribution in [0.2, 0.25) is 10.0 Å². The Morgan fingerprint density at radius 3 is 2.63 bits per heavy atom. The molecule has 1 N–H and O–H groups in total. The van der Waals surface area contributed by atoms with Gasteiger partial charge in [0.05, 0.1) is 17.1 Å². The van der Waals surface area contributed by atoms with Gasteiger partial charge in [-0.1, -0.05) is 49.2 Å². The summed E-state index contributed by atoms with van der Waals surface area (Å²) in [5, 5.41) is 6.94. The van der Waals surface area contributed by atoms with Crippen molar-refractivity contribution in [1.82, 2.24) is 4.98 Å². The van der Waals surface area contributed by atoms with Crippen LogP contribution < -0.4 is 5.32 Å². The molecule has 0 aliphatic carbocycles. The van der Waals surface area contributed by atoms with Crippen LogP contribution in [0.1, 0.15) is 19.4 Å². The lowest BCUT2D eigenvalue weighted by Gasteiger charge is -2.06. The van der Waals surface area contributed by atoms with E-state index in [1.807, 2.05) is 17.5 Å². The van der Waals surface area contributed by atoms with Crippen molar-refractivity contribution in [1.29, 1.82) is 0 Å². The fourth-order valence-corrected chi connectivity index (χ4v) is 4.41. The van der Waals surface area contributed by atoms with Crippen LogP contribution in [0.25, 0.3) is 11.3 Å². The number of aromatic nitrogens is 1. The normalized spacial score (nSPS) is 11.0. The summed E-state index contributed by atoms with van der Waals surface area (Å²) in [6.45, 7) is 4.32. The van der Waals surface area contributed by atoms with Gasteiger partial charge >= 0.3 is 0 Å². The Balaban J connectivity index is 1.63. The third-order valence-electron chi connectivity index (χ3n) is 3.61. The zero-order chi connectivity index (χ0) is 19.4. The molecule has 0 fully saturated rings. The van der Waals surface area contributed by atoms with Gasteiger partial charge in [-0.25, -0.2) is 4.98 Å². The van der Waals surface area contributed by atoms with Crippen molar-refractivity contribution in [3.8, 4) is 11.3 Å². The Morgan fingerprint density at radius 2 is 1.93 bits per heavy atom. The second kappa shape index (κ2) is 9.11. The van der Waals surface area contributed by atoms with Gasteiger partial charge in [-0.3, -0.25) is 4.79 Å². The Kier molecular flexibility index (Phi) is 6.82. The minimum atomic E-state index is -0.0997. The second-order valence-electron chi connectivity index (χ2n) is 6.20. The molecule has 1 heterocycles. The highest BCUT2D eigenvalue weighted by molar-refractivity contribution is 7.99. The van der Waals surface area contributed by atoms with E-state index < -0.39 is 0 Å². The number of halogens is 2. The number of thiazole rings is 1. The number of rotatable bonds is 6. The molecule has 1 amide bonds. The highest BCUT2D eigenvalue weighted by atomic mass is 35.5. The SMILES string of the molecule is CC(C)Sc1ccc(CC(=O)Nc2nc(-c3cc(Cl)ccc3Cl)cs2)cc1. The number of carbonyl (C=O) groups excluding carboxylic acids is 1. The van der Waals surface area contributed by atoms with Gasteiger partial charge < -0.3 is 5.32 Å². The number of nitrogens with one attached hydrogen (secondary N) is 1. The van der Waals surface area contributed by atoms with Crippen LogP contribution in [0.3, 0.4) is 0 Å². The van der Waals surface area contributed by atoms with E-state index in [-0.39, 0.29) is 5.91 Å². The van der Waals surface area contributed by atoms with Crippen LogP contribution in [-0.2, 0) is 11.2 Å². The first-order valence-corrected chi connectivity index (χ1v) is 10.9. The number of carbonyl (C=O) groups is 1. The molecule has 0 aliphatic heterocycles. The quantitative estimate of drug-likeness (QED) is 0.431. The molecule has 0 atom stereocenters. The first kappa shape index (κ1) is 20.2. The summed E-state index contributed by atoms with van der Waals surface area (Å²) < 4.78 is 0. The standard InChI is InChI=1S/C20H18Cl2N2OS2/c1-12(2)27-15-6-3-13(4-7-15)9-19(25)24-20-23-18(11-26-20)16-10-14(21)5-8-17(16)22/h3-8,10-12H,9H2,1-2H3,(H,23,24,25). The number of amides is 1. The lowest BCUT2D eigenvalue weighted by Crippen LogP contribution is -2.14. The molecule has 0 spiro atoms. The molecule has 0 aliphatic rings. The maximum atomic E-state index is 12.3. The van der Waals surface area contributed by atoms with Gasteiger partial charge in [-0.15, -0.1) is 23.1 Å². The number of nitrogens with zero attached hydrogens (tertiary/aromatic N) is 1. The largest absolute Gasteiger partial charge is 0.302 e. The van der Waals surface area contributed by atoms with E-state index in [1.165, 1.54) is 16.2 Å². The molecule has 2 aromatic carbocycles. The summed E-state index contributed by atoms with van der Waals surface area (Å²) >= 11 is 15.4. The van der Waals surface area contributed by atoms with Crippen molar-refractivity contribution in [3.05, 3.63) is 63.5 Å². The maximum absolute atomic E-state index is 12.3. The van der Waals surface area contributed by atoms with Crippen LogP contribution >= 0.6 is 46.3 Å². The first-order chi connectivity index (χ1) is 12.9. The molecule has 3 aromatic rings. The smallest absolute Gasteiger partial charge is 0.230 e. The minimum absolute atomic E-state index is 0.0997. The lowest BCUT2D eigenvalue weighted by molar-refractivity contribution is -0.115. The Labute approximate surface area is 177 Å². The third-order valence-corrected chi connectivity index (χ3v) is 5.95. The van der Waals surface area contributed by atoms with Gasteiger partial charge in [0.25, 0.3) is 0 Å². The van der Waals surface area contributed by atoms with E-state index in [4.69, 9.17) is 23.2 Å². The fraction of sp³-hybridized carbons (Fsp3) is 0.200. The molecule has 0 saturated heterocycles. The number of hydrogen-bond acceptors (Lipinski definition) is 4. The molecule has 1 aromatic heterocycles. The van der Waals surface area contributed by atoms with Crippen molar-refractivity contribution in [2.45, 2.75) is 30.4 Å². The predicted molar refractivity (Wildman–Crippen MR) is 117 cm³/mol. The fourth-order valence-electron chi connectivity index (χ4n) is 2.46. The predicted octanol–water partition coefficient (Wildman–Crippen LogP) is 6.80. The van der Waals surface area contributed by atoms with E-state index >= 15 is 0 Å². The summed E-state index contributed by atoms with van der Waals surface area (Å²) in [6, 6.07) is 13.3. The van der Waals surface area contributed by atoms with Gasteiger partial charge in [0, 0.05) is 26.1 Å². The first-order valence-electron chi connectivity index (χ1n) is 8.37. The van der Waals surface area contributed by atoms with Crippen molar-refractivity contribution < 1.29 is 4.79 Å².